The van der Waals surface area contributed by atoms with Gasteiger partial charge in [-0.2, -0.15) is 0 Å². The minimum atomic E-state index is -1.52. The minimum absolute atomic E-state index is 0.0927. The Morgan fingerprint density at radius 3 is 2.42 bits per heavy atom. The van der Waals surface area contributed by atoms with Gasteiger partial charge in [-0.3, -0.25) is 29.6 Å². The summed E-state index contributed by atoms with van der Waals surface area (Å²) in [7, 11) is 0. The quantitative estimate of drug-likeness (QED) is 0.106. The second-order valence-electron chi connectivity index (χ2n) is 9.93. The second kappa shape index (κ2) is 13.8. The summed E-state index contributed by atoms with van der Waals surface area (Å²) in [4.78, 5) is 64.4. The van der Waals surface area contributed by atoms with Gasteiger partial charge in [0.2, 0.25) is 11.8 Å². The van der Waals surface area contributed by atoms with Crippen LogP contribution in [0.25, 0.3) is 0 Å². The van der Waals surface area contributed by atoms with Crippen molar-refractivity contribution in [3.63, 3.8) is 0 Å². The Bertz CT molecular complexity index is 1680. The number of aliphatic carboxylic acids is 1. The third-order valence-electron chi connectivity index (χ3n) is 6.65. The maximum absolute atomic E-state index is 12.8. The minimum Gasteiger partial charge on any atom is -0.543 e. The number of anilines is 1. The summed E-state index contributed by atoms with van der Waals surface area (Å²) in [5, 5.41) is 43.3. The van der Waals surface area contributed by atoms with Gasteiger partial charge in [-0.25, -0.2) is 9.36 Å². The number of carbonyl (C=O) groups excluding carboxylic acids is 4. The summed E-state index contributed by atoms with van der Waals surface area (Å²) in [6.45, 7) is 1.97. The number of amides is 4. The standard InChI is InChI=1S/C23H21N5O8S.C6H7NO/c24-19(31)12-3-5-27(6-4-12)9-13-10-37-21-17(20(32)28(21)18(13)22(33)34)26-16(30)8-11-1-2-15(29)14(7-11)25-23(35)36;1-5-4-6(8)2-3-7-5/h1-7,17,21H,8-10,24H2,(H4,26,30,31,33,34,35,36);2-4H,1H3,(H,7,8)/t17-,21-;/m0./s1. The van der Waals surface area contributed by atoms with Gasteiger partial charge in [-0.15, -0.1) is 11.8 Å². The number of benzene rings is 1. The number of nitrogens with two attached hydrogens (primary N) is 1. The maximum atomic E-state index is 12.8. The van der Waals surface area contributed by atoms with E-state index < -0.39 is 41.2 Å². The van der Waals surface area contributed by atoms with Gasteiger partial charge in [0.15, 0.2) is 18.9 Å². The predicted molar refractivity (Wildman–Crippen MR) is 156 cm³/mol. The SMILES string of the molecule is Cc1cc(O)ccn1.NC(=O)c1cc[n+](CC2=C(C(=O)[O-])N3C(=O)[C@H](NC(=O)Cc4ccc(O)c(NC(=O)O)c4)[C@@H]3SC2)cc1. The van der Waals surface area contributed by atoms with Crippen molar-refractivity contribution < 1.29 is 49.0 Å². The van der Waals surface area contributed by atoms with Crippen molar-refractivity contribution in [2.75, 3.05) is 11.1 Å². The third-order valence-corrected chi connectivity index (χ3v) is 7.99. The van der Waals surface area contributed by atoms with Crippen LogP contribution < -0.4 is 26.0 Å². The van der Waals surface area contributed by atoms with Crippen LogP contribution in [0.2, 0.25) is 0 Å². The number of aromatic hydroxyl groups is 2. The molecule has 234 valence electrons. The molecule has 0 bridgehead atoms. The molecular formula is C29H28N6O9S. The van der Waals surface area contributed by atoms with Gasteiger partial charge in [0.25, 0.3) is 5.91 Å². The van der Waals surface area contributed by atoms with E-state index in [-0.39, 0.29) is 41.6 Å². The van der Waals surface area contributed by atoms with Crippen LogP contribution in [-0.2, 0) is 27.3 Å². The van der Waals surface area contributed by atoms with E-state index in [1.807, 2.05) is 12.2 Å². The van der Waals surface area contributed by atoms with Crippen LogP contribution in [0.1, 0.15) is 21.6 Å². The number of carbonyl (C=O) groups is 5. The van der Waals surface area contributed by atoms with Crippen LogP contribution in [-0.4, -0.2) is 72.2 Å². The van der Waals surface area contributed by atoms with Crippen LogP contribution in [0.3, 0.4) is 0 Å². The highest BCUT2D eigenvalue weighted by Crippen LogP contribution is 2.40. The molecular weight excluding hydrogens is 608 g/mol. The lowest BCUT2D eigenvalue weighted by Crippen LogP contribution is -2.71. The zero-order valence-corrected chi connectivity index (χ0v) is 24.5. The summed E-state index contributed by atoms with van der Waals surface area (Å²) in [6, 6.07) is 9.16. The third kappa shape index (κ3) is 7.85. The number of rotatable bonds is 8. The Balaban J connectivity index is 0.000000501. The number of carboxylic acids is 1. The van der Waals surface area contributed by atoms with Gasteiger partial charge in [-0.05, 0) is 30.7 Å². The first kappa shape index (κ1) is 32.3. The van der Waals surface area contributed by atoms with Gasteiger partial charge in [0.05, 0.1) is 29.3 Å². The summed E-state index contributed by atoms with van der Waals surface area (Å²) in [5.41, 5.74) is 6.83. The van der Waals surface area contributed by atoms with E-state index in [1.54, 1.807) is 35.3 Å². The van der Waals surface area contributed by atoms with Gasteiger partial charge in [-0.1, -0.05) is 6.07 Å². The van der Waals surface area contributed by atoms with Crippen molar-refractivity contribution in [2.24, 2.45) is 5.73 Å². The number of nitrogens with zero attached hydrogens (tertiary/aromatic N) is 3. The molecule has 0 radical (unpaired) electrons. The van der Waals surface area contributed by atoms with Gasteiger partial charge in [0, 0.05) is 41.4 Å². The average molecular weight is 637 g/mol. The molecule has 4 amide bonds. The highest BCUT2D eigenvalue weighted by molar-refractivity contribution is 8.00. The van der Waals surface area contributed by atoms with Gasteiger partial charge in [0.1, 0.15) is 22.9 Å². The largest absolute Gasteiger partial charge is 0.543 e. The molecule has 2 aromatic heterocycles. The molecule has 2 atom stereocenters. The number of pyridine rings is 2. The Hall–Kier alpha value is -5.64. The Morgan fingerprint density at radius 1 is 1.13 bits per heavy atom. The highest BCUT2D eigenvalue weighted by atomic mass is 32.2. The number of phenolic OH excluding ortho intramolecular Hbond substituents is 1. The Kier molecular flexibility index (Phi) is 9.88. The normalized spacial score (nSPS) is 16.8. The number of carboxylic acid groups (broad SMARTS) is 2. The highest BCUT2D eigenvalue weighted by Gasteiger charge is 2.53. The zero-order valence-electron chi connectivity index (χ0n) is 23.7. The summed E-state index contributed by atoms with van der Waals surface area (Å²) in [6.07, 6.45) is 3.12. The fourth-order valence-electron chi connectivity index (χ4n) is 4.59. The van der Waals surface area contributed by atoms with Gasteiger partial charge >= 0.3 is 6.09 Å². The summed E-state index contributed by atoms with van der Waals surface area (Å²) < 4.78 is 1.64. The monoisotopic (exact) mass is 636 g/mol. The molecule has 0 spiro atoms. The Morgan fingerprint density at radius 2 is 1.84 bits per heavy atom. The lowest BCUT2D eigenvalue weighted by atomic mass is 10.0. The molecule has 2 aliphatic heterocycles. The molecule has 16 heteroatoms. The van der Waals surface area contributed by atoms with Crippen molar-refractivity contribution >= 4 is 47.2 Å². The van der Waals surface area contributed by atoms with E-state index in [1.165, 1.54) is 42.1 Å². The summed E-state index contributed by atoms with van der Waals surface area (Å²) >= 11 is 1.29. The molecule has 4 heterocycles. The molecule has 7 N–H and O–H groups in total. The van der Waals surface area contributed by atoms with Gasteiger partial charge < -0.3 is 36.3 Å². The zero-order chi connectivity index (χ0) is 32.8. The number of aromatic nitrogens is 2. The molecule has 2 aliphatic rings. The van der Waals surface area contributed by atoms with Crippen molar-refractivity contribution in [1.29, 1.82) is 0 Å². The van der Waals surface area contributed by atoms with E-state index >= 15 is 0 Å². The first-order valence-electron chi connectivity index (χ1n) is 13.2. The maximum Gasteiger partial charge on any atom is 0.409 e. The number of hydrogen-bond donors (Lipinski definition) is 6. The first-order valence-corrected chi connectivity index (χ1v) is 14.3. The molecule has 15 nitrogen and oxygen atoms in total. The van der Waals surface area contributed by atoms with Crippen LogP contribution in [0.5, 0.6) is 11.5 Å². The molecule has 3 aromatic rings. The van der Waals surface area contributed by atoms with E-state index in [0.717, 1.165) is 10.6 Å². The van der Waals surface area contributed by atoms with Crippen molar-refractivity contribution in [3.8, 4) is 11.5 Å². The molecule has 1 saturated heterocycles. The van der Waals surface area contributed by atoms with Crippen LogP contribution in [0.15, 0.2) is 72.3 Å². The first-order chi connectivity index (χ1) is 21.3. The number of phenols is 1. The second-order valence-corrected chi connectivity index (χ2v) is 11.0. The number of nitrogens with one attached hydrogen (secondary N) is 2. The summed E-state index contributed by atoms with van der Waals surface area (Å²) in [5.74, 6) is -3.03. The molecule has 5 rings (SSSR count). The topological polar surface area (TPSA) is 239 Å². The lowest BCUT2D eigenvalue weighted by molar-refractivity contribution is -0.689. The number of hydrogen-bond acceptors (Lipinski definition) is 10. The van der Waals surface area contributed by atoms with Crippen LogP contribution in [0, 0.1) is 6.92 Å². The number of thioether (sulfide) groups is 1. The number of primary amides is 1. The van der Waals surface area contributed by atoms with E-state index in [2.05, 4.69) is 10.3 Å². The van der Waals surface area contributed by atoms with E-state index in [4.69, 9.17) is 15.9 Å². The smallest absolute Gasteiger partial charge is 0.409 e. The average Bonchev–Trinajstić information content (AvgIpc) is 2.97. The lowest BCUT2D eigenvalue weighted by Gasteiger charge is -2.50. The number of fused-ring (bicyclic) bond motifs is 1. The molecule has 1 aromatic carbocycles. The number of aryl methyl sites for hydroxylation is 1. The van der Waals surface area contributed by atoms with E-state index in [0.29, 0.717) is 16.7 Å². The molecule has 0 unspecified atom stereocenters. The number of β-lactam (4-membered cyclic amide) rings is 1. The molecule has 0 saturated carbocycles. The van der Waals surface area contributed by atoms with Crippen LogP contribution >= 0.6 is 11.8 Å². The fourth-order valence-corrected chi connectivity index (χ4v) is 5.92. The van der Waals surface area contributed by atoms with Crippen molar-refractivity contribution in [1.82, 2.24) is 15.2 Å². The van der Waals surface area contributed by atoms with Crippen LogP contribution in [0.4, 0.5) is 10.5 Å². The predicted octanol–water partition coefficient (Wildman–Crippen LogP) is -0.389. The Labute approximate surface area is 260 Å². The molecule has 0 aliphatic carbocycles. The molecule has 45 heavy (non-hydrogen) atoms. The van der Waals surface area contributed by atoms with Crippen molar-refractivity contribution in [2.45, 2.75) is 31.3 Å². The van der Waals surface area contributed by atoms with Crippen molar-refractivity contribution in [3.05, 3.63) is 89.1 Å². The van der Waals surface area contributed by atoms with E-state index in [9.17, 15) is 34.2 Å². The fraction of sp³-hybridized carbons (Fsp3) is 0.207. The molecule has 1 fully saturated rings.